The molecule has 0 fully saturated rings. The predicted molar refractivity (Wildman–Crippen MR) is 64.6 cm³/mol. The van der Waals surface area contributed by atoms with Gasteiger partial charge in [-0.25, -0.2) is 13.1 Å². The van der Waals surface area contributed by atoms with Crippen LogP contribution >= 0.6 is 15.9 Å². The molecule has 0 saturated carbocycles. The third-order valence-corrected chi connectivity index (χ3v) is 4.59. The molecule has 1 N–H and O–H groups in total. The molecule has 102 valence electrons. The third kappa shape index (κ3) is 3.69. The van der Waals surface area contributed by atoms with E-state index in [1.54, 1.807) is 13.8 Å². The zero-order chi connectivity index (χ0) is 14.1. The lowest BCUT2D eigenvalue weighted by atomic mass is 10.2. The fourth-order valence-electron chi connectivity index (χ4n) is 1.26. The molecule has 0 aliphatic carbocycles. The summed E-state index contributed by atoms with van der Waals surface area (Å²) in [5.74, 6) is 0. The van der Waals surface area contributed by atoms with E-state index in [0.717, 1.165) is 12.1 Å². The highest BCUT2D eigenvalue weighted by atomic mass is 79.9. The van der Waals surface area contributed by atoms with Crippen molar-refractivity contribution in [3.8, 4) is 0 Å². The van der Waals surface area contributed by atoms with Crippen LogP contribution < -0.4 is 4.72 Å². The summed E-state index contributed by atoms with van der Waals surface area (Å²) in [7, 11) is -3.97. The normalized spacial score (nSPS) is 13.1. The van der Waals surface area contributed by atoms with E-state index in [2.05, 4.69) is 20.7 Å². The van der Waals surface area contributed by atoms with Crippen LogP contribution in [0.2, 0.25) is 0 Å². The molecule has 0 radical (unpaired) electrons. The number of sulfonamides is 1. The second-order valence-electron chi connectivity index (χ2n) is 3.92. The second-order valence-corrected chi connectivity index (χ2v) is 6.46. The Kier molecular flexibility index (Phi) is 4.45. The number of halogens is 4. The summed E-state index contributed by atoms with van der Waals surface area (Å²) in [6.45, 7) is 3.16. The monoisotopic (exact) mass is 345 g/mol. The molecular formula is C10H11BrF3NO2S. The minimum Gasteiger partial charge on any atom is -0.209 e. The van der Waals surface area contributed by atoms with Gasteiger partial charge in [0.05, 0.1) is 10.5 Å². The van der Waals surface area contributed by atoms with E-state index in [4.69, 9.17) is 0 Å². The fourth-order valence-corrected chi connectivity index (χ4v) is 3.50. The van der Waals surface area contributed by atoms with Crippen molar-refractivity contribution >= 4 is 26.0 Å². The number of benzene rings is 1. The van der Waals surface area contributed by atoms with Crippen LogP contribution in [-0.4, -0.2) is 14.5 Å². The summed E-state index contributed by atoms with van der Waals surface area (Å²) in [6.07, 6.45) is -4.58. The van der Waals surface area contributed by atoms with Crippen LogP contribution in [0.5, 0.6) is 0 Å². The molecule has 0 saturated heterocycles. The molecule has 3 nitrogen and oxygen atoms in total. The van der Waals surface area contributed by atoms with E-state index in [0.29, 0.717) is 6.07 Å². The van der Waals surface area contributed by atoms with E-state index in [9.17, 15) is 21.6 Å². The second kappa shape index (κ2) is 5.18. The van der Waals surface area contributed by atoms with Crippen LogP contribution in [0.3, 0.4) is 0 Å². The fraction of sp³-hybridized carbons (Fsp3) is 0.400. The maximum absolute atomic E-state index is 12.5. The molecule has 0 aromatic heterocycles. The van der Waals surface area contributed by atoms with E-state index in [1.165, 1.54) is 0 Å². The Morgan fingerprint density at radius 3 is 2.28 bits per heavy atom. The van der Waals surface area contributed by atoms with Gasteiger partial charge >= 0.3 is 6.18 Å². The van der Waals surface area contributed by atoms with Gasteiger partial charge in [-0.1, -0.05) is 0 Å². The Morgan fingerprint density at radius 2 is 1.83 bits per heavy atom. The summed E-state index contributed by atoms with van der Waals surface area (Å²) in [5, 5.41) is 0. The maximum atomic E-state index is 12.5. The van der Waals surface area contributed by atoms with Crippen LogP contribution in [0.1, 0.15) is 19.4 Å². The third-order valence-electron chi connectivity index (χ3n) is 1.94. The van der Waals surface area contributed by atoms with Crippen molar-refractivity contribution in [1.82, 2.24) is 4.72 Å². The molecule has 8 heteroatoms. The quantitative estimate of drug-likeness (QED) is 0.914. The highest BCUT2D eigenvalue weighted by molar-refractivity contribution is 9.10. The molecule has 0 aliphatic rings. The van der Waals surface area contributed by atoms with Gasteiger partial charge in [0, 0.05) is 10.5 Å². The summed E-state index contributed by atoms with van der Waals surface area (Å²) < 4.78 is 63.5. The van der Waals surface area contributed by atoms with Gasteiger partial charge in [0.25, 0.3) is 0 Å². The van der Waals surface area contributed by atoms with E-state index < -0.39 is 32.7 Å². The average molecular weight is 346 g/mol. The Bertz CT molecular complexity index is 541. The molecule has 1 aromatic rings. The molecule has 1 rings (SSSR count). The van der Waals surface area contributed by atoms with Gasteiger partial charge in [-0.3, -0.25) is 0 Å². The van der Waals surface area contributed by atoms with Crippen molar-refractivity contribution in [3.63, 3.8) is 0 Å². The molecule has 0 spiro atoms. The lowest BCUT2D eigenvalue weighted by molar-refractivity contribution is -0.137. The van der Waals surface area contributed by atoms with Gasteiger partial charge in [0.1, 0.15) is 0 Å². The van der Waals surface area contributed by atoms with Crippen molar-refractivity contribution in [2.45, 2.75) is 31.0 Å². The summed E-state index contributed by atoms with van der Waals surface area (Å²) in [5.41, 5.74) is -1.00. The van der Waals surface area contributed by atoms with Gasteiger partial charge in [-0.2, -0.15) is 13.2 Å². The Morgan fingerprint density at radius 1 is 1.28 bits per heavy atom. The molecule has 0 heterocycles. The summed E-state index contributed by atoms with van der Waals surface area (Å²) in [4.78, 5) is -0.425. The number of alkyl halides is 3. The molecule has 0 atom stereocenters. The van der Waals surface area contributed by atoms with Crippen LogP contribution in [0.15, 0.2) is 27.6 Å². The standard InChI is InChI=1S/C10H11BrF3NO2S/c1-6(2)15-18(16,17)9-5-7(10(12,13)14)3-4-8(9)11/h3-6,15H,1-2H3. The molecule has 0 amide bonds. The number of hydrogen-bond acceptors (Lipinski definition) is 2. The largest absolute Gasteiger partial charge is 0.416 e. The van der Waals surface area contributed by atoms with Gasteiger partial charge in [-0.05, 0) is 48.0 Å². The smallest absolute Gasteiger partial charge is 0.209 e. The first-order valence-corrected chi connectivity index (χ1v) is 7.21. The van der Waals surface area contributed by atoms with Gasteiger partial charge in [0.2, 0.25) is 10.0 Å². The molecule has 0 unspecified atom stereocenters. The first-order chi connectivity index (χ1) is 8.04. The number of hydrogen-bond donors (Lipinski definition) is 1. The van der Waals surface area contributed by atoms with Crippen molar-refractivity contribution < 1.29 is 21.6 Å². The number of rotatable bonds is 3. The Hall–Kier alpha value is -0.600. The van der Waals surface area contributed by atoms with Crippen molar-refractivity contribution in [1.29, 1.82) is 0 Å². The summed E-state index contributed by atoms with van der Waals surface area (Å²) in [6, 6.07) is 2.08. The first-order valence-electron chi connectivity index (χ1n) is 4.93. The highest BCUT2D eigenvalue weighted by Crippen LogP contribution is 2.33. The summed E-state index contributed by atoms with van der Waals surface area (Å²) >= 11 is 2.94. The van der Waals surface area contributed by atoms with Crippen molar-refractivity contribution in [3.05, 3.63) is 28.2 Å². The molecule has 18 heavy (non-hydrogen) atoms. The maximum Gasteiger partial charge on any atom is 0.416 e. The number of nitrogens with one attached hydrogen (secondary N) is 1. The zero-order valence-corrected chi connectivity index (χ0v) is 11.9. The SMILES string of the molecule is CC(C)NS(=O)(=O)c1cc(C(F)(F)F)ccc1Br. The van der Waals surface area contributed by atoms with Gasteiger partial charge in [-0.15, -0.1) is 0 Å². The zero-order valence-electron chi connectivity index (χ0n) is 9.55. The molecule has 0 bridgehead atoms. The van der Waals surface area contributed by atoms with Crippen LogP contribution in [0, 0.1) is 0 Å². The highest BCUT2D eigenvalue weighted by Gasteiger charge is 2.32. The van der Waals surface area contributed by atoms with E-state index in [1.807, 2.05) is 0 Å². The molecule has 1 aromatic carbocycles. The Labute approximate surface area is 112 Å². The topological polar surface area (TPSA) is 46.2 Å². The minimum absolute atomic E-state index is 0.0867. The predicted octanol–water partition coefficient (Wildman–Crippen LogP) is 3.15. The minimum atomic E-state index is -4.58. The van der Waals surface area contributed by atoms with E-state index in [-0.39, 0.29) is 4.47 Å². The van der Waals surface area contributed by atoms with E-state index >= 15 is 0 Å². The van der Waals surface area contributed by atoms with Crippen molar-refractivity contribution in [2.75, 3.05) is 0 Å². The van der Waals surface area contributed by atoms with Crippen LogP contribution in [-0.2, 0) is 16.2 Å². The molecular weight excluding hydrogens is 335 g/mol. The first kappa shape index (κ1) is 15.5. The lowest BCUT2D eigenvalue weighted by Gasteiger charge is -2.13. The van der Waals surface area contributed by atoms with Gasteiger partial charge < -0.3 is 0 Å². The lowest BCUT2D eigenvalue weighted by Crippen LogP contribution is -2.30. The van der Waals surface area contributed by atoms with Crippen molar-refractivity contribution in [2.24, 2.45) is 0 Å². The average Bonchev–Trinajstić information content (AvgIpc) is 2.13. The molecule has 0 aliphatic heterocycles. The van der Waals surface area contributed by atoms with Crippen LogP contribution in [0.4, 0.5) is 13.2 Å². The Balaban J connectivity index is 3.33. The van der Waals surface area contributed by atoms with Gasteiger partial charge in [0.15, 0.2) is 0 Å². The van der Waals surface area contributed by atoms with Crippen LogP contribution in [0.25, 0.3) is 0 Å².